The topological polar surface area (TPSA) is 94.4 Å². The number of sulfonamides is 1. The minimum absolute atomic E-state index is 0.134. The number of hydrogen-bond donors (Lipinski definition) is 0. The summed E-state index contributed by atoms with van der Waals surface area (Å²) in [7, 11) is -4.21. The van der Waals surface area contributed by atoms with Crippen LogP contribution in [-0.2, 0) is 19.6 Å². The standard InChI is InChI=1S/C24H21BrCl2N4O4S/c1-2-3-10-35-23(32)15-31(36(33,34)20-13-17(26)12-18(27)14-20)19-4-5-21-16(11-19)7-9-30(21)22-6-8-28-24(25)29-22/h4-9,11-14H,2-3,10,15H2,1H3. The van der Waals surface area contributed by atoms with Crippen molar-refractivity contribution in [3.8, 4) is 5.82 Å². The van der Waals surface area contributed by atoms with E-state index in [2.05, 4.69) is 25.9 Å². The molecule has 12 heteroatoms. The van der Waals surface area contributed by atoms with Gasteiger partial charge in [-0.25, -0.2) is 18.4 Å². The number of ether oxygens (including phenoxy) is 1. The van der Waals surface area contributed by atoms with E-state index >= 15 is 0 Å². The Morgan fingerprint density at radius 2 is 1.86 bits per heavy atom. The second kappa shape index (κ2) is 11.2. The average molecular weight is 612 g/mol. The number of carbonyl (C=O) groups is 1. The lowest BCUT2D eigenvalue weighted by molar-refractivity contribution is -0.141. The third-order valence-corrected chi connectivity index (χ3v) is 7.85. The lowest BCUT2D eigenvalue weighted by Crippen LogP contribution is -2.36. The molecule has 4 aromatic rings. The monoisotopic (exact) mass is 610 g/mol. The van der Waals surface area contributed by atoms with Gasteiger partial charge in [0.25, 0.3) is 10.0 Å². The summed E-state index contributed by atoms with van der Waals surface area (Å²) in [6, 6.07) is 12.7. The van der Waals surface area contributed by atoms with Crippen LogP contribution in [0.3, 0.4) is 0 Å². The lowest BCUT2D eigenvalue weighted by atomic mass is 10.2. The number of carbonyl (C=O) groups excluding carboxylic acids is 1. The van der Waals surface area contributed by atoms with Crippen molar-refractivity contribution in [2.24, 2.45) is 0 Å². The molecule has 36 heavy (non-hydrogen) atoms. The van der Waals surface area contributed by atoms with Gasteiger partial charge in [0, 0.05) is 27.8 Å². The average Bonchev–Trinajstić information content (AvgIpc) is 3.25. The van der Waals surface area contributed by atoms with Crippen molar-refractivity contribution in [3.05, 3.63) is 75.7 Å². The maximum absolute atomic E-state index is 13.7. The zero-order valence-corrected chi connectivity index (χ0v) is 23.0. The molecular formula is C24H21BrCl2N4O4S. The van der Waals surface area contributed by atoms with Crippen molar-refractivity contribution < 1.29 is 17.9 Å². The Hall–Kier alpha value is -2.66. The molecule has 8 nitrogen and oxygen atoms in total. The predicted octanol–water partition coefficient (Wildman–Crippen LogP) is 6.03. The molecular weight excluding hydrogens is 591 g/mol. The smallest absolute Gasteiger partial charge is 0.326 e. The van der Waals surface area contributed by atoms with Crippen molar-refractivity contribution in [2.45, 2.75) is 24.7 Å². The highest BCUT2D eigenvalue weighted by molar-refractivity contribution is 9.10. The highest BCUT2D eigenvalue weighted by Crippen LogP contribution is 2.31. The van der Waals surface area contributed by atoms with Crippen LogP contribution in [0.2, 0.25) is 10.0 Å². The number of aromatic nitrogens is 3. The summed E-state index contributed by atoms with van der Waals surface area (Å²) in [5, 5.41) is 1.07. The quantitative estimate of drug-likeness (QED) is 0.130. The number of esters is 1. The molecule has 2 heterocycles. The number of nitrogens with zero attached hydrogens (tertiary/aromatic N) is 4. The fourth-order valence-electron chi connectivity index (χ4n) is 3.56. The van der Waals surface area contributed by atoms with E-state index < -0.39 is 22.5 Å². The summed E-state index contributed by atoms with van der Waals surface area (Å²) >= 11 is 15.4. The molecule has 0 bridgehead atoms. The van der Waals surface area contributed by atoms with Gasteiger partial charge >= 0.3 is 5.97 Å². The highest BCUT2D eigenvalue weighted by Gasteiger charge is 2.29. The first-order chi connectivity index (χ1) is 17.2. The number of halogens is 3. The van der Waals surface area contributed by atoms with E-state index in [0.717, 1.165) is 21.6 Å². The predicted molar refractivity (Wildman–Crippen MR) is 143 cm³/mol. The summed E-state index contributed by atoms with van der Waals surface area (Å²) < 4.78 is 35.9. The first-order valence-corrected chi connectivity index (χ1v) is 13.9. The lowest BCUT2D eigenvalue weighted by Gasteiger charge is -2.24. The van der Waals surface area contributed by atoms with Crippen molar-refractivity contribution >= 4 is 71.7 Å². The second-order valence-corrected chi connectivity index (χ2v) is 11.2. The van der Waals surface area contributed by atoms with Gasteiger partial charge in [0.05, 0.1) is 22.7 Å². The molecule has 0 fully saturated rings. The normalized spacial score (nSPS) is 11.6. The van der Waals surface area contributed by atoms with Gasteiger partial charge in [-0.3, -0.25) is 9.10 Å². The summed E-state index contributed by atoms with van der Waals surface area (Å²) in [6.45, 7) is 1.67. The third-order valence-electron chi connectivity index (χ3n) is 5.28. The van der Waals surface area contributed by atoms with Gasteiger partial charge in [-0.15, -0.1) is 0 Å². The number of benzene rings is 2. The molecule has 4 rings (SSSR count). The number of rotatable bonds is 9. The fraction of sp³-hybridized carbons (Fsp3) is 0.208. The molecule has 2 aromatic carbocycles. The Balaban J connectivity index is 1.76. The first-order valence-electron chi connectivity index (χ1n) is 10.9. The molecule has 0 aliphatic carbocycles. The van der Waals surface area contributed by atoms with Gasteiger partial charge in [-0.1, -0.05) is 36.5 Å². The van der Waals surface area contributed by atoms with E-state index in [1.807, 2.05) is 23.8 Å². The van der Waals surface area contributed by atoms with Crippen molar-refractivity contribution in [2.75, 3.05) is 17.5 Å². The van der Waals surface area contributed by atoms with Crippen LogP contribution in [0.25, 0.3) is 16.7 Å². The van der Waals surface area contributed by atoms with Gasteiger partial charge < -0.3 is 9.30 Å². The van der Waals surface area contributed by atoms with Crippen molar-refractivity contribution in [3.63, 3.8) is 0 Å². The Bertz CT molecular complexity index is 1510. The van der Waals surface area contributed by atoms with Crippen molar-refractivity contribution in [1.82, 2.24) is 14.5 Å². The van der Waals surface area contributed by atoms with E-state index in [-0.39, 0.29) is 27.2 Å². The number of hydrogen-bond acceptors (Lipinski definition) is 6. The Morgan fingerprint density at radius 1 is 1.11 bits per heavy atom. The molecule has 0 radical (unpaired) electrons. The fourth-order valence-corrected chi connectivity index (χ4v) is 5.99. The summed E-state index contributed by atoms with van der Waals surface area (Å²) in [4.78, 5) is 20.9. The Labute approximate surface area is 227 Å². The van der Waals surface area contributed by atoms with E-state index in [1.54, 1.807) is 30.5 Å². The number of fused-ring (bicyclic) bond motifs is 1. The molecule has 0 aliphatic heterocycles. The molecule has 0 unspecified atom stereocenters. The maximum atomic E-state index is 13.7. The second-order valence-electron chi connectivity index (χ2n) is 7.80. The molecule has 0 amide bonds. The molecule has 0 atom stereocenters. The zero-order valence-electron chi connectivity index (χ0n) is 19.1. The largest absolute Gasteiger partial charge is 0.464 e. The van der Waals surface area contributed by atoms with Crippen LogP contribution in [0.5, 0.6) is 0 Å². The highest BCUT2D eigenvalue weighted by atomic mass is 79.9. The van der Waals surface area contributed by atoms with E-state index in [9.17, 15) is 13.2 Å². The number of unbranched alkanes of at least 4 members (excludes halogenated alkanes) is 1. The van der Waals surface area contributed by atoms with Gasteiger partial charge in [0.1, 0.15) is 12.4 Å². The summed E-state index contributed by atoms with van der Waals surface area (Å²) in [5.74, 6) is -0.0270. The third kappa shape index (κ3) is 5.83. The van der Waals surface area contributed by atoms with Gasteiger partial charge in [0.2, 0.25) is 0 Å². The minimum atomic E-state index is -4.21. The van der Waals surface area contributed by atoms with Crippen LogP contribution in [0, 0.1) is 0 Å². The minimum Gasteiger partial charge on any atom is -0.464 e. The van der Waals surface area contributed by atoms with Crippen molar-refractivity contribution in [1.29, 1.82) is 0 Å². The van der Waals surface area contributed by atoms with Crippen LogP contribution >= 0.6 is 39.1 Å². The van der Waals surface area contributed by atoms with Gasteiger partial charge in [0.15, 0.2) is 4.73 Å². The van der Waals surface area contributed by atoms with Crippen LogP contribution in [0.1, 0.15) is 19.8 Å². The van der Waals surface area contributed by atoms with E-state index in [4.69, 9.17) is 27.9 Å². The summed E-state index contributed by atoms with van der Waals surface area (Å²) in [6.07, 6.45) is 4.97. The SMILES string of the molecule is CCCCOC(=O)CN(c1ccc2c(ccn2-c2ccnc(Br)n2)c1)S(=O)(=O)c1cc(Cl)cc(Cl)c1. The van der Waals surface area contributed by atoms with Crippen LogP contribution in [-0.4, -0.2) is 42.1 Å². The molecule has 0 saturated heterocycles. The number of anilines is 1. The molecule has 0 N–H and O–H groups in total. The van der Waals surface area contributed by atoms with Crippen LogP contribution in [0.15, 0.2) is 70.6 Å². The van der Waals surface area contributed by atoms with E-state index in [1.165, 1.54) is 18.2 Å². The van der Waals surface area contributed by atoms with E-state index in [0.29, 0.717) is 17.0 Å². The maximum Gasteiger partial charge on any atom is 0.326 e. The molecule has 2 aromatic heterocycles. The Kier molecular flexibility index (Phi) is 8.19. The van der Waals surface area contributed by atoms with Gasteiger partial charge in [-0.05, 0) is 70.9 Å². The summed E-state index contributed by atoms with van der Waals surface area (Å²) in [5.41, 5.74) is 1.07. The zero-order chi connectivity index (χ0) is 25.9. The van der Waals surface area contributed by atoms with Crippen LogP contribution in [0.4, 0.5) is 5.69 Å². The molecule has 0 aliphatic rings. The molecule has 188 valence electrons. The van der Waals surface area contributed by atoms with Crippen LogP contribution < -0.4 is 4.31 Å². The first kappa shape index (κ1) is 26.4. The molecule has 0 spiro atoms. The Morgan fingerprint density at radius 3 is 2.56 bits per heavy atom. The van der Waals surface area contributed by atoms with Gasteiger partial charge in [-0.2, -0.15) is 0 Å². The molecule has 0 saturated carbocycles.